The van der Waals surface area contributed by atoms with Crippen LogP contribution in [-0.4, -0.2) is 57.4 Å². The maximum atomic E-state index is 5.69. The van der Waals surface area contributed by atoms with Crippen molar-refractivity contribution in [2.24, 2.45) is 4.99 Å². The van der Waals surface area contributed by atoms with Crippen LogP contribution in [0.2, 0.25) is 0 Å². The number of guanidine groups is 1. The van der Waals surface area contributed by atoms with Crippen LogP contribution in [0.3, 0.4) is 0 Å². The van der Waals surface area contributed by atoms with Gasteiger partial charge in [0.25, 0.3) is 0 Å². The van der Waals surface area contributed by atoms with Gasteiger partial charge in [0.15, 0.2) is 5.96 Å². The highest BCUT2D eigenvalue weighted by atomic mass is 127. The fraction of sp³-hybridized carbons (Fsp3) is 0.519. The van der Waals surface area contributed by atoms with E-state index in [0.29, 0.717) is 6.04 Å². The molecule has 0 bridgehead atoms. The Morgan fingerprint density at radius 1 is 1.12 bits per heavy atom. The Labute approximate surface area is 222 Å². The van der Waals surface area contributed by atoms with Crippen LogP contribution in [0.25, 0.3) is 0 Å². The number of rotatable bonds is 7. The second-order valence-corrected chi connectivity index (χ2v) is 9.51. The minimum atomic E-state index is -0.0191. The van der Waals surface area contributed by atoms with E-state index in [-0.39, 0.29) is 35.6 Å². The molecule has 2 unspecified atom stereocenters. The maximum absolute atomic E-state index is 5.69. The number of benzene rings is 2. The third-order valence-electron chi connectivity index (χ3n) is 7.02. The maximum Gasteiger partial charge on any atom is 0.191 e. The number of ether oxygens (including phenoxy) is 1. The van der Waals surface area contributed by atoms with Crippen molar-refractivity contribution >= 4 is 35.6 Å². The number of aryl methyl sites for hydroxylation is 1. The molecule has 0 spiro atoms. The summed E-state index contributed by atoms with van der Waals surface area (Å²) >= 11 is 0. The van der Waals surface area contributed by atoms with Gasteiger partial charge in [-0.15, -0.1) is 24.0 Å². The van der Waals surface area contributed by atoms with Crippen molar-refractivity contribution in [2.75, 3.05) is 44.8 Å². The Kier molecular flexibility index (Phi) is 10.0. The fourth-order valence-corrected chi connectivity index (χ4v) is 4.93. The van der Waals surface area contributed by atoms with Gasteiger partial charge in [-0.2, -0.15) is 0 Å². The van der Waals surface area contributed by atoms with E-state index in [1.807, 2.05) is 7.05 Å². The molecule has 2 aromatic rings. The van der Waals surface area contributed by atoms with Gasteiger partial charge in [0, 0.05) is 63.2 Å². The van der Waals surface area contributed by atoms with Gasteiger partial charge in [-0.25, -0.2) is 0 Å². The summed E-state index contributed by atoms with van der Waals surface area (Å²) in [7, 11) is 1.86. The van der Waals surface area contributed by atoms with E-state index in [1.165, 1.54) is 16.8 Å². The highest BCUT2D eigenvalue weighted by Gasteiger charge is 2.34. The van der Waals surface area contributed by atoms with Gasteiger partial charge in [0.05, 0.1) is 0 Å². The first kappa shape index (κ1) is 26.8. The van der Waals surface area contributed by atoms with Crippen LogP contribution in [-0.2, 0) is 4.74 Å². The molecule has 2 fully saturated rings. The van der Waals surface area contributed by atoms with E-state index in [2.05, 4.69) is 94.3 Å². The molecule has 2 aliphatic heterocycles. The zero-order valence-electron chi connectivity index (χ0n) is 20.7. The Morgan fingerprint density at radius 3 is 2.50 bits per heavy atom. The third-order valence-corrected chi connectivity index (χ3v) is 7.02. The van der Waals surface area contributed by atoms with Crippen molar-refractivity contribution in [1.82, 2.24) is 16.0 Å². The zero-order valence-corrected chi connectivity index (χ0v) is 23.0. The van der Waals surface area contributed by atoms with Gasteiger partial charge >= 0.3 is 0 Å². The quantitative estimate of drug-likeness (QED) is 0.261. The van der Waals surface area contributed by atoms with Gasteiger partial charge in [0.2, 0.25) is 0 Å². The summed E-state index contributed by atoms with van der Waals surface area (Å²) in [6.45, 7) is 8.84. The summed E-state index contributed by atoms with van der Waals surface area (Å²) in [4.78, 5) is 6.98. The molecule has 0 amide bonds. The van der Waals surface area contributed by atoms with Crippen molar-refractivity contribution in [3.63, 3.8) is 0 Å². The molecule has 6 nitrogen and oxygen atoms in total. The lowest BCUT2D eigenvalue weighted by Gasteiger charge is -2.41. The molecule has 0 aliphatic carbocycles. The molecule has 3 N–H and O–H groups in total. The number of nitrogens with one attached hydrogen (secondary N) is 3. The minimum Gasteiger partial charge on any atom is -0.381 e. The molecule has 34 heavy (non-hydrogen) atoms. The monoisotopic (exact) mass is 577 g/mol. The summed E-state index contributed by atoms with van der Waals surface area (Å²) in [5.74, 6) is 0.880. The van der Waals surface area contributed by atoms with E-state index in [1.54, 1.807) is 0 Å². The number of aliphatic imine (C=N–C) groups is 1. The van der Waals surface area contributed by atoms with Crippen LogP contribution in [0.5, 0.6) is 0 Å². The van der Waals surface area contributed by atoms with Crippen LogP contribution in [0.1, 0.15) is 43.4 Å². The summed E-state index contributed by atoms with van der Waals surface area (Å²) in [5, 5.41) is 11.2. The molecule has 0 radical (unpaired) electrons. The molecular weight excluding hydrogens is 537 g/mol. The van der Waals surface area contributed by atoms with Gasteiger partial charge in [0.1, 0.15) is 0 Å². The third kappa shape index (κ3) is 7.09. The molecule has 7 heteroatoms. The number of nitrogens with zero attached hydrogens (tertiary/aromatic N) is 2. The first-order valence-electron chi connectivity index (χ1n) is 12.3. The SMILES string of the molecule is CN=C(NCC1(NC(C)c2ccccc2)CCOCC1)NC1CCN(c2ccc(C)cc2)C1.I. The Balaban J connectivity index is 0.00000324. The number of hydrogen-bond donors (Lipinski definition) is 3. The van der Waals surface area contributed by atoms with Gasteiger partial charge in [-0.3, -0.25) is 4.99 Å². The van der Waals surface area contributed by atoms with Crippen LogP contribution < -0.4 is 20.9 Å². The molecule has 2 aliphatic rings. The highest BCUT2D eigenvalue weighted by Crippen LogP contribution is 2.25. The Morgan fingerprint density at radius 2 is 1.82 bits per heavy atom. The van der Waals surface area contributed by atoms with Crippen molar-refractivity contribution in [2.45, 2.75) is 50.7 Å². The van der Waals surface area contributed by atoms with E-state index >= 15 is 0 Å². The van der Waals surface area contributed by atoms with Gasteiger partial charge < -0.3 is 25.6 Å². The molecule has 0 aromatic heterocycles. The first-order valence-corrected chi connectivity index (χ1v) is 12.3. The van der Waals surface area contributed by atoms with Crippen LogP contribution in [0.4, 0.5) is 5.69 Å². The van der Waals surface area contributed by atoms with Crippen molar-refractivity contribution in [3.8, 4) is 0 Å². The standard InChI is InChI=1S/C27H39N5O.HI/c1-21-9-11-25(12-10-21)32-16-13-24(19-32)30-26(28-3)29-20-27(14-17-33-18-15-27)31-22(2)23-7-5-4-6-8-23;/h4-12,22,24,31H,13-20H2,1-3H3,(H2,28,29,30);1H. The molecule has 2 atom stereocenters. The van der Waals surface area contributed by atoms with E-state index in [9.17, 15) is 0 Å². The molecule has 186 valence electrons. The average molecular weight is 578 g/mol. The highest BCUT2D eigenvalue weighted by molar-refractivity contribution is 14.0. The average Bonchev–Trinajstić information content (AvgIpc) is 3.32. The van der Waals surface area contributed by atoms with Crippen LogP contribution in [0.15, 0.2) is 59.6 Å². The van der Waals surface area contributed by atoms with Crippen molar-refractivity contribution in [1.29, 1.82) is 0 Å². The van der Waals surface area contributed by atoms with E-state index in [4.69, 9.17) is 4.74 Å². The smallest absolute Gasteiger partial charge is 0.191 e. The summed E-state index contributed by atoms with van der Waals surface area (Å²) in [6, 6.07) is 20.2. The molecule has 0 saturated carbocycles. The Hall–Kier alpha value is -1.84. The molecule has 2 heterocycles. The minimum absolute atomic E-state index is 0. The lowest BCUT2D eigenvalue weighted by Crippen LogP contribution is -2.59. The lowest BCUT2D eigenvalue weighted by molar-refractivity contribution is 0.0354. The van der Waals surface area contributed by atoms with E-state index < -0.39 is 0 Å². The largest absolute Gasteiger partial charge is 0.381 e. The second-order valence-electron chi connectivity index (χ2n) is 9.51. The first-order chi connectivity index (χ1) is 16.1. The zero-order chi connectivity index (χ0) is 23.1. The molecule has 2 saturated heterocycles. The molecular formula is C27H40IN5O. The predicted molar refractivity (Wildman–Crippen MR) is 152 cm³/mol. The van der Waals surface area contributed by atoms with Crippen LogP contribution >= 0.6 is 24.0 Å². The van der Waals surface area contributed by atoms with Crippen molar-refractivity contribution in [3.05, 3.63) is 65.7 Å². The molecule has 2 aromatic carbocycles. The second kappa shape index (κ2) is 12.7. The van der Waals surface area contributed by atoms with Crippen LogP contribution in [0, 0.1) is 6.92 Å². The number of hydrogen-bond acceptors (Lipinski definition) is 4. The van der Waals surface area contributed by atoms with Gasteiger partial charge in [-0.1, -0.05) is 48.0 Å². The van der Waals surface area contributed by atoms with E-state index in [0.717, 1.165) is 58.1 Å². The number of anilines is 1. The number of halogens is 1. The predicted octanol–water partition coefficient (Wildman–Crippen LogP) is 4.26. The summed E-state index contributed by atoms with van der Waals surface area (Å²) in [5.41, 5.74) is 3.89. The lowest BCUT2D eigenvalue weighted by atomic mass is 9.88. The van der Waals surface area contributed by atoms with Gasteiger partial charge in [-0.05, 0) is 50.8 Å². The molecule has 4 rings (SSSR count). The Bertz CT molecular complexity index is 899. The fourth-order valence-electron chi connectivity index (χ4n) is 4.93. The summed E-state index contributed by atoms with van der Waals surface area (Å²) in [6.07, 6.45) is 3.08. The topological polar surface area (TPSA) is 60.9 Å². The van der Waals surface area contributed by atoms with Crippen molar-refractivity contribution < 1.29 is 4.74 Å². The normalized spacial score (nSPS) is 21.0. The summed E-state index contributed by atoms with van der Waals surface area (Å²) < 4.78 is 5.69.